The van der Waals surface area contributed by atoms with Crippen molar-refractivity contribution in [3.8, 4) is 0 Å². The van der Waals surface area contributed by atoms with E-state index in [1.807, 2.05) is 0 Å². The zero-order chi connectivity index (χ0) is 8.74. The molecule has 0 N–H and O–H groups in total. The van der Waals surface area contributed by atoms with Crippen LogP contribution in [-0.4, -0.2) is 31.8 Å². The Bertz CT molecular complexity index is 90.9. The molecule has 0 aromatic heterocycles. The number of hydrogen-bond acceptors (Lipinski definition) is 2. The standard InChI is InChI=1S/C7H18O2Si2/c1-8-6-5-7-10-9-11(2,3)4/h5-7H2,1-4H3. The summed E-state index contributed by atoms with van der Waals surface area (Å²) in [4.78, 5) is 0. The molecule has 2 radical (unpaired) electrons. The van der Waals surface area contributed by atoms with Crippen LogP contribution in [0, 0.1) is 0 Å². The van der Waals surface area contributed by atoms with Crippen molar-refractivity contribution in [3.63, 3.8) is 0 Å². The van der Waals surface area contributed by atoms with Crippen LogP contribution < -0.4 is 0 Å². The lowest BCUT2D eigenvalue weighted by molar-refractivity contribution is 0.198. The Kier molecular flexibility index (Phi) is 6.13. The molecule has 66 valence electrons. The summed E-state index contributed by atoms with van der Waals surface area (Å²) in [6.45, 7) is 7.52. The Morgan fingerprint density at radius 1 is 1.27 bits per heavy atom. The van der Waals surface area contributed by atoms with Gasteiger partial charge in [-0.3, -0.25) is 0 Å². The van der Waals surface area contributed by atoms with E-state index in [-0.39, 0.29) is 0 Å². The molecule has 0 aromatic carbocycles. The van der Waals surface area contributed by atoms with Gasteiger partial charge < -0.3 is 8.85 Å². The molecule has 0 rings (SSSR count). The second kappa shape index (κ2) is 5.94. The normalized spacial score (nSPS) is 12.0. The van der Waals surface area contributed by atoms with Crippen LogP contribution in [0.4, 0.5) is 0 Å². The van der Waals surface area contributed by atoms with E-state index in [4.69, 9.17) is 8.85 Å². The number of methoxy groups -OCH3 is 1. The fourth-order valence-corrected chi connectivity index (χ4v) is 2.99. The molecule has 0 saturated heterocycles. The van der Waals surface area contributed by atoms with Crippen molar-refractivity contribution in [3.05, 3.63) is 0 Å². The molecule has 4 heteroatoms. The molecule has 2 nitrogen and oxygen atoms in total. The van der Waals surface area contributed by atoms with E-state index in [0.29, 0.717) is 9.76 Å². The quantitative estimate of drug-likeness (QED) is 0.470. The third-order valence-corrected chi connectivity index (χ3v) is 4.59. The molecule has 0 aromatic rings. The minimum atomic E-state index is -1.25. The largest absolute Gasteiger partial charge is 0.456 e. The van der Waals surface area contributed by atoms with Crippen molar-refractivity contribution in [2.75, 3.05) is 13.7 Å². The van der Waals surface area contributed by atoms with Crippen LogP contribution in [0.25, 0.3) is 0 Å². The molecule has 0 aliphatic heterocycles. The van der Waals surface area contributed by atoms with Crippen molar-refractivity contribution in [1.82, 2.24) is 0 Å². The molecule has 11 heavy (non-hydrogen) atoms. The van der Waals surface area contributed by atoms with E-state index in [9.17, 15) is 0 Å². The van der Waals surface area contributed by atoms with Gasteiger partial charge in [-0.2, -0.15) is 0 Å². The SMILES string of the molecule is COCCC[Si]O[Si](C)(C)C. The van der Waals surface area contributed by atoms with E-state index >= 15 is 0 Å². The van der Waals surface area contributed by atoms with Crippen LogP contribution in [-0.2, 0) is 8.85 Å². The Morgan fingerprint density at radius 2 is 1.91 bits per heavy atom. The van der Waals surface area contributed by atoms with Crippen LogP contribution in [0.3, 0.4) is 0 Å². The number of hydrogen-bond donors (Lipinski definition) is 0. The van der Waals surface area contributed by atoms with Gasteiger partial charge in [0.25, 0.3) is 0 Å². The summed E-state index contributed by atoms with van der Waals surface area (Å²) >= 11 is 0. The van der Waals surface area contributed by atoms with Crippen molar-refractivity contribution in [2.24, 2.45) is 0 Å². The van der Waals surface area contributed by atoms with Gasteiger partial charge in [-0.1, -0.05) is 0 Å². The van der Waals surface area contributed by atoms with E-state index in [2.05, 4.69) is 19.6 Å². The lowest BCUT2D eigenvalue weighted by Gasteiger charge is -2.16. The van der Waals surface area contributed by atoms with Gasteiger partial charge in [0.1, 0.15) is 0 Å². The highest BCUT2D eigenvalue weighted by Crippen LogP contribution is 2.02. The third kappa shape index (κ3) is 10.4. The van der Waals surface area contributed by atoms with Gasteiger partial charge >= 0.3 is 0 Å². The highest BCUT2D eigenvalue weighted by atomic mass is 28.4. The molecule has 0 amide bonds. The van der Waals surface area contributed by atoms with E-state index < -0.39 is 8.32 Å². The average Bonchev–Trinajstić information content (AvgIpc) is 1.85. The Hall–Kier alpha value is 0.354. The molecule has 0 aliphatic carbocycles. The second-order valence-electron chi connectivity index (χ2n) is 3.46. The van der Waals surface area contributed by atoms with Gasteiger partial charge in [0.15, 0.2) is 8.32 Å². The lowest BCUT2D eigenvalue weighted by atomic mass is 10.5. The molecule has 0 fully saturated rings. The predicted octanol–water partition coefficient (Wildman–Crippen LogP) is 1.91. The summed E-state index contributed by atoms with van der Waals surface area (Å²) in [5.41, 5.74) is 0. The fourth-order valence-electron chi connectivity index (χ4n) is 0.556. The van der Waals surface area contributed by atoms with Crippen LogP contribution in [0.1, 0.15) is 6.42 Å². The molecule has 0 spiro atoms. The summed E-state index contributed by atoms with van der Waals surface area (Å²) in [6, 6.07) is 1.15. The molecule has 0 unspecified atom stereocenters. The van der Waals surface area contributed by atoms with Crippen molar-refractivity contribution < 1.29 is 8.85 Å². The van der Waals surface area contributed by atoms with Crippen molar-refractivity contribution in [2.45, 2.75) is 32.1 Å². The predicted molar refractivity (Wildman–Crippen MR) is 51.5 cm³/mol. The molecule has 0 atom stereocenters. The minimum absolute atomic E-state index is 0.675. The van der Waals surface area contributed by atoms with Crippen LogP contribution in [0.15, 0.2) is 0 Å². The maximum absolute atomic E-state index is 5.69. The lowest BCUT2D eigenvalue weighted by Crippen LogP contribution is -2.27. The van der Waals surface area contributed by atoms with Gasteiger partial charge in [-0.05, 0) is 32.1 Å². The van der Waals surface area contributed by atoms with E-state index in [1.54, 1.807) is 7.11 Å². The van der Waals surface area contributed by atoms with Gasteiger partial charge in [0, 0.05) is 13.7 Å². The summed E-state index contributed by atoms with van der Waals surface area (Å²) < 4.78 is 10.6. The maximum Gasteiger partial charge on any atom is 0.215 e. The molecular weight excluding hydrogens is 172 g/mol. The summed E-state index contributed by atoms with van der Waals surface area (Å²) in [7, 11) is 1.17. The highest BCUT2D eigenvalue weighted by molar-refractivity contribution is 6.73. The van der Waals surface area contributed by atoms with Crippen molar-refractivity contribution in [1.29, 1.82) is 0 Å². The zero-order valence-electron chi connectivity index (χ0n) is 7.94. The van der Waals surface area contributed by atoms with Gasteiger partial charge in [0.05, 0.1) is 0 Å². The fraction of sp³-hybridized carbons (Fsp3) is 1.00. The Morgan fingerprint density at radius 3 is 2.36 bits per heavy atom. The first-order valence-electron chi connectivity index (χ1n) is 3.96. The van der Waals surface area contributed by atoms with Crippen LogP contribution in [0.5, 0.6) is 0 Å². The van der Waals surface area contributed by atoms with E-state index in [1.165, 1.54) is 0 Å². The van der Waals surface area contributed by atoms with Crippen LogP contribution in [0.2, 0.25) is 25.7 Å². The monoisotopic (exact) mass is 190 g/mol. The molecule has 0 bridgehead atoms. The topological polar surface area (TPSA) is 18.5 Å². The van der Waals surface area contributed by atoms with Gasteiger partial charge in [-0.25, -0.2) is 0 Å². The molecule has 0 saturated carbocycles. The summed E-state index contributed by atoms with van der Waals surface area (Å²) in [6.07, 6.45) is 1.12. The maximum atomic E-state index is 5.69. The zero-order valence-corrected chi connectivity index (χ0v) is 9.94. The van der Waals surface area contributed by atoms with Gasteiger partial charge in [-0.15, -0.1) is 0 Å². The van der Waals surface area contributed by atoms with Crippen molar-refractivity contribution >= 4 is 18.1 Å². The second-order valence-corrected chi connectivity index (χ2v) is 9.29. The van der Waals surface area contributed by atoms with Gasteiger partial charge in [0.2, 0.25) is 9.76 Å². The molecule has 0 heterocycles. The summed E-state index contributed by atoms with van der Waals surface area (Å²) in [5.74, 6) is 0. The first-order chi connectivity index (χ1) is 5.06. The third-order valence-electron chi connectivity index (χ3n) is 1.01. The summed E-state index contributed by atoms with van der Waals surface area (Å²) in [5, 5.41) is 0. The number of ether oxygens (including phenoxy) is 1. The minimum Gasteiger partial charge on any atom is -0.456 e. The molecular formula is C7H18O2Si2. The Labute approximate surface area is 73.4 Å². The highest BCUT2D eigenvalue weighted by Gasteiger charge is 2.12. The average molecular weight is 190 g/mol. The Balaban J connectivity index is 3.02. The first kappa shape index (κ1) is 11.4. The number of rotatable bonds is 6. The smallest absolute Gasteiger partial charge is 0.215 e. The molecule has 0 aliphatic rings. The first-order valence-corrected chi connectivity index (χ1v) is 8.48. The van der Waals surface area contributed by atoms with Crippen LogP contribution >= 0.6 is 0 Å². The van der Waals surface area contributed by atoms with E-state index in [0.717, 1.165) is 19.1 Å².